The fourth-order valence-electron chi connectivity index (χ4n) is 3.40. The van der Waals surface area contributed by atoms with Crippen LogP contribution in [-0.4, -0.2) is 40.7 Å². The van der Waals surface area contributed by atoms with E-state index in [1.807, 2.05) is 24.3 Å². The number of aromatic nitrogens is 1. The second-order valence-corrected chi connectivity index (χ2v) is 6.66. The summed E-state index contributed by atoms with van der Waals surface area (Å²) in [6, 6.07) is 12.5. The van der Waals surface area contributed by atoms with Gasteiger partial charge in [-0.1, -0.05) is 18.2 Å². The van der Waals surface area contributed by atoms with Crippen LogP contribution < -0.4 is 5.32 Å². The van der Waals surface area contributed by atoms with E-state index in [2.05, 4.69) is 10.3 Å². The molecule has 138 valence electrons. The Morgan fingerprint density at radius 1 is 1.22 bits per heavy atom. The van der Waals surface area contributed by atoms with Crippen molar-refractivity contribution in [1.29, 1.82) is 0 Å². The molecule has 4 rings (SSSR count). The zero-order valence-corrected chi connectivity index (χ0v) is 14.5. The Labute approximate surface area is 155 Å². The number of nitrogens with zero attached hydrogens (tertiary/aromatic N) is 1. The molecule has 2 aromatic heterocycles. The number of ether oxygens (including phenoxy) is 1. The van der Waals surface area contributed by atoms with E-state index in [0.29, 0.717) is 40.9 Å². The van der Waals surface area contributed by atoms with Gasteiger partial charge in [-0.25, -0.2) is 4.98 Å². The molecule has 7 heteroatoms. The number of aliphatic carboxylic acids is 1. The smallest absolute Gasteiger partial charge is 0.305 e. The van der Waals surface area contributed by atoms with E-state index in [9.17, 15) is 14.7 Å². The van der Waals surface area contributed by atoms with Crippen LogP contribution >= 0.6 is 0 Å². The van der Waals surface area contributed by atoms with Gasteiger partial charge in [0.2, 0.25) is 0 Å². The minimum Gasteiger partial charge on any atom is -0.481 e. The van der Waals surface area contributed by atoms with E-state index in [1.165, 1.54) is 0 Å². The average molecular weight is 366 g/mol. The number of rotatable bonds is 5. The zero-order chi connectivity index (χ0) is 18.9. The van der Waals surface area contributed by atoms with Gasteiger partial charge in [0.25, 0.3) is 5.91 Å². The summed E-state index contributed by atoms with van der Waals surface area (Å²) >= 11 is 0. The van der Waals surface area contributed by atoms with Gasteiger partial charge in [-0.15, -0.1) is 0 Å². The number of carbonyl (C=O) groups is 2. The third kappa shape index (κ3) is 3.41. The molecule has 1 atom stereocenters. The van der Waals surface area contributed by atoms with Crippen molar-refractivity contribution in [2.24, 2.45) is 0 Å². The molecular formula is C20H18N2O5. The number of carboxylic acids is 1. The molecule has 1 saturated heterocycles. The lowest BCUT2D eigenvalue weighted by Crippen LogP contribution is -2.50. The summed E-state index contributed by atoms with van der Waals surface area (Å²) in [5, 5.41) is 12.8. The molecule has 1 amide bonds. The molecule has 2 N–H and O–H groups in total. The van der Waals surface area contributed by atoms with Crippen LogP contribution in [-0.2, 0) is 9.53 Å². The standard InChI is InChI=1S/C20H18N2O5/c23-18(24)11-20(7-9-26-12-20)22-19(25)14-10-16(17-6-3-8-27-17)21-15-5-2-1-4-13(14)15/h1-6,8,10H,7,9,11-12H2,(H,22,25)(H,23,24). The number of para-hydroxylation sites is 1. The van der Waals surface area contributed by atoms with Crippen LogP contribution in [0, 0.1) is 0 Å². The van der Waals surface area contributed by atoms with Crippen LogP contribution in [0.5, 0.6) is 0 Å². The number of carbonyl (C=O) groups excluding carboxylic acids is 1. The first kappa shape index (κ1) is 17.2. The molecule has 1 aromatic carbocycles. The lowest BCUT2D eigenvalue weighted by molar-refractivity contribution is -0.138. The number of amides is 1. The molecule has 1 unspecified atom stereocenters. The average Bonchev–Trinajstić information content (AvgIpc) is 3.32. The first-order chi connectivity index (χ1) is 13.1. The van der Waals surface area contributed by atoms with E-state index in [0.717, 1.165) is 0 Å². The molecule has 1 aliphatic rings. The van der Waals surface area contributed by atoms with Gasteiger partial charge < -0.3 is 19.6 Å². The number of pyridine rings is 1. The molecule has 0 bridgehead atoms. The minimum atomic E-state index is -0.975. The van der Waals surface area contributed by atoms with E-state index in [1.54, 1.807) is 24.5 Å². The predicted octanol–water partition coefficient (Wildman–Crippen LogP) is 2.86. The van der Waals surface area contributed by atoms with Gasteiger partial charge in [-0.05, 0) is 30.7 Å². The molecule has 27 heavy (non-hydrogen) atoms. The fourth-order valence-corrected chi connectivity index (χ4v) is 3.40. The highest BCUT2D eigenvalue weighted by Crippen LogP contribution is 2.27. The monoisotopic (exact) mass is 366 g/mol. The maximum Gasteiger partial charge on any atom is 0.305 e. The quantitative estimate of drug-likeness (QED) is 0.720. The summed E-state index contributed by atoms with van der Waals surface area (Å²) in [4.78, 5) is 28.9. The van der Waals surface area contributed by atoms with Crippen LogP contribution in [0.3, 0.4) is 0 Å². The Hall–Kier alpha value is -3.19. The topological polar surface area (TPSA) is 102 Å². The van der Waals surface area contributed by atoms with E-state index in [-0.39, 0.29) is 18.9 Å². The molecule has 1 fully saturated rings. The molecule has 0 spiro atoms. The van der Waals surface area contributed by atoms with E-state index in [4.69, 9.17) is 9.15 Å². The number of nitrogens with one attached hydrogen (secondary N) is 1. The van der Waals surface area contributed by atoms with Crippen molar-refractivity contribution < 1.29 is 23.8 Å². The van der Waals surface area contributed by atoms with Crippen molar-refractivity contribution in [3.63, 3.8) is 0 Å². The van der Waals surface area contributed by atoms with Gasteiger partial charge in [0, 0.05) is 12.0 Å². The van der Waals surface area contributed by atoms with Crippen LogP contribution in [0.25, 0.3) is 22.4 Å². The molecule has 3 heterocycles. The van der Waals surface area contributed by atoms with Crippen molar-refractivity contribution in [2.45, 2.75) is 18.4 Å². The van der Waals surface area contributed by atoms with Crippen molar-refractivity contribution in [2.75, 3.05) is 13.2 Å². The molecule has 7 nitrogen and oxygen atoms in total. The summed E-state index contributed by atoms with van der Waals surface area (Å²) < 4.78 is 10.8. The molecule has 1 aliphatic heterocycles. The number of fused-ring (bicyclic) bond motifs is 1. The molecule has 3 aromatic rings. The second-order valence-electron chi connectivity index (χ2n) is 6.66. The van der Waals surface area contributed by atoms with E-state index < -0.39 is 11.5 Å². The Morgan fingerprint density at radius 3 is 2.78 bits per heavy atom. The fraction of sp³-hybridized carbons (Fsp3) is 0.250. The summed E-state index contributed by atoms with van der Waals surface area (Å²) in [6.07, 6.45) is 1.82. The van der Waals surface area contributed by atoms with Crippen LogP contribution in [0.15, 0.2) is 53.1 Å². The van der Waals surface area contributed by atoms with Crippen LogP contribution in [0.2, 0.25) is 0 Å². The first-order valence-corrected chi connectivity index (χ1v) is 8.62. The number of benzene rings is 1. The number of hydrogen-bond acceptors (Lipinski definition) is 5. The van der Waals surface area contributed by atoms with Gasteiger partial charge in [0.05, 0.1) is 35.9 Å². The van der Waals surface area contributed by atoms with Gasteiger partial charge in [-0.3, -0.25) is 9.59 Å². The van der Waals surface area contributed by atoms with Crippen molar-refractivity contribution in [1.82, 2.24) is 10.3 Å². The van der Waals surface area contributed by atoms with Gasteiger partial charge in [0.15, 0.2) is 5.76 Å². The summed E-state index contributed by atoms with van der Waals surface area (Å²) in [7, 11) is 0. The number of carboxylic acid groups (broad SMARTS) is 1. The van der Waals surface area contributed by atoms with Gasteiger partial charge in [-0.2, -0.15) is 0 Å². The van der Waals surface area contributed by atoms with Crippen LogP contribution in [0.4, 0.5) is 0 Å². The Bertz CT molecular complexity index is 991. The molecule has 0 saturated carbocycles. The normalized spacial score (nSPS) is 19.3. The lowest BCUT2D eigenvalue weighted by atomic mass is 9.93. The van der Waals surface area contributed by atoms with Crippen molar-refractivity contribution >= 4 is 22.8 Å². The van der Waals surface area contributed by atoms with Gasteiger partial charge in [0.1, 0.15) is 5.69 Å². The first-order valence-electron chi connectivity index (χ1n) is 8.62. The lowest BCUT2D eigenvalue weighted by Gasteiger charge is -2.27. The number of furan rings is 1. The Morgan fingerprint density at radius 2 is 2.07 bits per heavy atom. The maximum atomic E-state index is 13.1. The highest BCUT2D eigenvalue weighted by atomic mass is 16.5. The summed E-state index contributed by atoms with van der Waals surface area (Å²) in [6.45, 7) is 0.599. The van der Waals surface area contributed by atoms with Crippen molar-refractivity contribution in [3.05, 3.63) is 54.3 Å². The highest BCUT2D eigenvalue weighted by Gasteiger charge is 2.39. The van der Waals surface area contributed by atoms with Gasteiger partial charge >= 0.3 is 5.97 Å². The zero-order valence-electron chi connectivity index (χ0n) is 14.5. The summed E-state index contributed by atoms with van der Waals surface area (Å²) in [5.41, 5.74) is 0.715. The predicted molar refractivity (Wildman–Crippen MR) is 97.3 cm³/mol. The molecule has 0 aliphatic carbocycles. The van der Waals surface area contributed by atoms with E-state index >= 15 is 0 Å². The highest BCUT2D eigenvalue weighted by molar-refractivity contribution is 6.07. The van der Waals surface area contributed by atoms with Crippen molar-refractivity contribution in [3.8, 4) is 11.5 Å². The van der Waals surface area contributed by atoms with Crippen LogP contribution in [0.1, 0.15) is 23.2 Å². The SMILES string of the molecule is O=C(O)CC1(NC(=O)c2cc(-c3ccco3)nc3ccccc23)CCOC1. The third-order valence-electron chi connectivity index (χ3n) is 4.71. The second kappa shape index (κ2) is 6.85. The Balaban J connectivity index is 1.75. The molecular weight excluding hydrogens is 348 g/mol. The Kier molecular flexibility index (Phi) is 4.37. The number of hydrogen-bond donors (Lipinski definition) is 2. The summed E-state index contributed by atoms with van der Waals surface area (Å²) in [5.74, 6) is -0.774. The third-order valence-corrected chi connectivity index (χ3v) is 4.71. The largest absolute Gasteiger partial charge is 0.481 e. The maximum absolute atomic E-state index is 13.1. The minimum absolute atomic E-state index is 0.180. The molecule has 0 radical (unpaired) electrons.